The van der Waals surface area contributed by atoms with Gasteiger partial charge in [-0.2, -0.15) is 0 Å². The van der Waals surface area contributed by atoms with Crippen LogP contribution in [0.5, 0.6) is 0 Å². The van der Waals surface area contributed by atoms with Gasteiger partial charge >= 0.3 is 5.97 Å². The number of nitrogens with zero attached hydrogens (tertiary/aromatic N) is 3. The summed E-state index contributed by atoms with van der Waals surface area (Å²) in [6.45, 7) is 1.25. The highest BCUT2D eigenvalue weighted by Crippen LogP contribution is 2.17. The van der Waals surface area contributed by atoms with E-state index in [9.17, 15) is 24.5 Å². The molecule has 144 valence electrons. The fourth-order valence-electron chi connectivity index (χ4n) is 2.99. The van der Waals surface area contributed by atoms with Crippen molar-refractivity contribution in [3.05, 3.63) is 75.3 Å². The highest BCUT2D eigenvalue weighted by Gasteiger charge is 2.26. The number of piperazine rings is 1. The summed E-state index contributed by atoms with van der Waals surface area (Å²) in [5.74, 6) is -1.62. The van der Waals surface area contributed by atoms with E-state index in [1.807, 2.05) is 0 Å². The van der Waals surface area contributed by atoms with Crippen molar-refractivity contribution in [3.63, 3.8) is 0 Å². The van der Waals surface area contributed by atoms with Crippen LogP contribution in [0.1, 0.15) is 31.1 Å². The van der Waals surface area contributed by atoms with Crippen molar-refractivity contribution in [2.75, 3.05) is 26.2 Å². The van der Waals surface area contributed by atoms with Gasteiger partial charge in [0.05, 0.1) is 10.5 Å². The molecule has 0 unspecified atom stereocenters. The molecule has 28 heavy (non-hydrogen) atoms. The van der Waals surface area contributed by atoms with E-state index in [0.29, 0.717) is 31.7 Å². The van der Waals surface area contributed by atoms with Gasteiger partial charge in [-0.3, -0.25) is 19.7 Å². The fraction of sp³-hybridized carbons (Fsp3) is 0.211. The number of carboxylic acids is 1. The van der Waals surface area contributed by atoms with Gasteiger partial charge in [0.1, 0.15) is 0 Å². The molecule has 1 heterocycles. The van der Waals surface area contributed by atoms with E-state index in [-0.39, 0.29) is 28.6 Å². The number of hydrogen-bond acceptors (Lipinski definition) is 5. The molecule has 1 N–H and O–H groups in total. The van der Waals surface area contributed by atoms with Crippen molar-refractivity contribution in [3.8, 4) is 0 Å². The smallest absolute Gasteiger partial charge is 0.335 e. The van der Waals surface area contributed by atoms with Crippen molar-refractivity contribution in [1.82, 2.24) is 9.80 Å². The molecular formula is C19H17N3O6. The van der Waals surface area contributed by atoms with Crippen LogP contribution in [-0.4, -0.2) is 63.8 Å². The van der Waals surface area contributed by atoms with Crippen LogP contribution < -0.4 is 0 Å². The molecular weight excluding hydrogens is 366 g/mol. The summed E-state index contributed by atoms with van der Waals surface area (Å²) in [6.07, 6.45) is 0. The highest BCUT2D eigenvalue weighted by atomic mass is 16.6. The second-order valence-electron chi connectivity index (χ2n) is 6.27. The molecule has 3 rings (SSSR count). The first kappa shape index (κ1) is 19.0. The van der Waals surface area contributed by atoms with Crippen molar-refractivity contribution >= 4 is 23.5 Å². The Labute approximate surface area is 159 Å². The Morgan fingerprint density at radius 2 is 1.32 bits per heavy atom. The lowest BCUT2D eigenvalue weighted by Crippen LogP contribution is -2.50. The fourth-order valence-corrected chi connectivity index (χ4v) is 2.99. The summed E-state index contributed by atoms with van der Waals surface area (Å²) in [6, 6.07) is 11.2. The molecule has 1 saturated heterocycles. The first-order chi connectivity index (χ1) is 13.4. The van der Waals surface area contributed by atoms with E-state index >= 15 is 0 Å². The summed E-state index contributed by atoms with van der Waals surface area (Å²) in [4.78, 5) is 49.5. The van der Waals surface area contributed by atoms with E-state index in [1.165, 1.54) is 48.5 Å². The van der Waals surface area contributed by atoms with Crippen molar-refractivity contribution < 1.29 is 24.4 Å². The number of nitro groups is 1. The summed E-state index contributed by atoms with van der Waals surface area (Å²) in [5.41, 5.74) is 0.565. The molecule has 0 aliphatic carbocycles. The van der Waals surface area contributed by atoms with E-state index in [1.54, 1.807) is 9.80 Å². The normalized spacial score (nSPS) is 13.9. The second-order valence-corrected chi connectivity index (χ2v) is 6.27. The average molecular weight is 383 g/mol. The number of carboxylic acid groups (broad SMARTS) is 1. The van der Waals surface area contributed by atoms with Gasteiger partial charge in [0.15, 0.2) is 0 Å². The lowest BCUT2D eigenvalue weighted by atomic mass is 10.1. The number of nitro benzene ring substituents is 1. The number of carbonyl (C=O) groups is 3. The largest absolute Gasteiger partial charge is 0.478 e. The molecule has 1 fully saturated rings. The van der Waals surface area contributed by atoms with E-state index in [2.05, 4.69) is 0 Å². The monoisotopic (exact) mass is 383 g/mol. The number of rotatable bonds is 4. The Morgan fingerprint density at radius 3 is 1.82 bits per heavy atom. The van der Waals surface area contributed by atoms with E-state index in [0.717, 1.165) is 0 Å². The Kier molecular flexibility index (Phi) is 5.35. The summed E-state index contributed by atoms with van der Waals surface area (Å²) >= 11 is 0. The predicted molar refractivity (Wildman–Crippen MR) is 98.3 cm³/mol. The Morgan fingerprint density at radius 1 is 0.821 bits per heavy atom. The zero-order valence-corrected chi connectivity index (χ0v) is 14.8. The Bertz CT molecular complexity index is 933. The molecule has 0 radical (unpaired) electrons. The quantitative estimate of drug-likeness (QED) is 0.636. The minimum absolute atomic E-state index is 0.101. The van der Waals surface area contributed by atoms with Gasteiger partial charge in [-0.15, -0.1) is 0 Å². The number of benzene rings is 2. The number of aromatic carboxylic acids is 1. The third kappa shape index (κ3) is 3.98. The van der Waals surface area contributed by atoms with Crippen LogP contribution in [0.15, 0.2) is 48.5 Å². The molecule has 0 saturated carbocycles. The minimum Gasteiger partial charge on any atom is -0.478 e. The van der Waals surface area contributed by atoms with Gasteiger partial charge < -0.3 is 14.9 Å². The molecule has 2 amide bonds. The molecule has 2 aromatic rings. The zero-order chi connectivity index (χ0) is 20.3. The molecule has 9 heteroatoms. The van der Waals surface area contributed by atoms with E-state index in [4.69, 9.17) is 5.11 Å². The maximum Gasteiger partial charge on any atom is 0.335 e. The van der Waals surface area contributed by atoms with Crippen LogP contribution in [-0.2, 0) is 0 Å². The topological polar surface area (TPSA) is 121 Å². The number of hydrogen-bond donors (Lipinski definition) is 1. The maximum atomic E-state index is 12.6. The predicted octanol–water partition coefficient (Wildman–Crippen LogP) is 1.89. The molecule has 0 bridgehead atoms. The molecule has 1 aliphatic rings. The lowest BCUT2D eigenvalue weighted by Gasteiger charge is -2.34. The van der Waals surface area contributed by atoms with Crippen molar-refractivity contribution in [2.45, 2.75) is 0 Å². The van der Waals surface area contributed by atoms with Crippen LogP contribution in [0, 0.1) is 10.1 Å². The average Bonchev–Trinajstić information content (AvgIpc) is 2.73. The van der Waals surface area contributed by atoms with Gasteiger partial charge in [0.25, 0.3) is 17.5 Å². The zero-order valence-electron chi connectivity index (χ0n) is 14.8. The molecule has 9 nitrogen and oxygen atoms in total. The number of non-ortho nitro benzene ring substituents is 1. The lowest BCUT2D eigenvalue weighted by molar-refractivity contribution is -0.384. The van der Waals surface area contributed by atoms with Crippen LogP contribution >= 0.6 is 0 Å². The SMILES string of the molecule is O=C(O)c1ccc(C(=O)N2CCN(C(=O)c3cccc([N+](=O)[O-])c3)CC2)cc1. The maximum absolute atomic E-state index is 12.6. The summed E-state index contributed by atoms with van der Waals surface area (Å²) in [5, 5.41) is 19.8. The molecule has 0 atom stereocenters. The number of carbonyl (C=O) groups excluding carboxylic acids is 2. The third-order valence-corrected chi connectivity index (χ3v) is 4.54. The molecule has 2 aromatic carbocycles. The Hall–Kier alpha value is -3.75. The van der Waals surface area contributed by atoms with Crippen molar-refractivity contribution in [2.24, 2.45) is 0 Å². The van der Waals surface area contributed by atoms with Gasteiger partial charge in [-0.1, -0.05) is 6.07 Å². The van der Waals surface area contributed by atoms with Gasteiger partial charge in [-0.25, -0.2) is 4.79 Å². The molecule has 0 aromatic heterocycles. The van der Waals surface area contributed by atoms with Gasteiger partial charge in [0.2, 0.25) is 0 Å². The standard InChI is InChI=1S/C19H17N3O6/c23-17(13-4-6-14(7-5-13)19(25)26)20-8-10-21(11-9-20)18(24)15-2-1-3-16(12-15)22(27)28/h1-7,12H,8-11H2,(H,25,26). The second kappa shape index (κ2) is 7.87. The van der Waals surface area contributed by atoms with Gasteiger partial charge in [-0.05, 0) is 30.3 Å². The summed E-state index contributed by atoms with van der Waals surface area (Å²) in [7, 11) is 0. The molecule has 0 spiro atoms. The molecule has 1 aliphatic heterocycles. The van der Waals surface area contributed by atoms with Crippen LogP contribution in [0.25, 0.3) is 0 Å². The van der Waals surface area contributed by atoms with Crippen LogP contribution in [0.2, 0.25) is 0 Å². The van der Waals surface area contributed by atoms with Crippen molar-refractivity contribution in [1.29, 1.82) is 0 Å². The van der Waals surface area contributed by atoms with Gasteiger partial charge in [0, 0.05) is 49.4 Å². The third-order valence-electron chi connectivity index (χ3n) is 4.54. The highest BCUT2D eigenvalue weighted by molar-refractivity contribution is 5.97. The Balaban J connectivity index is 1.63. The van der Waals surface area contributed by atoms with Crippen LogP contribution in [0.3, 0.4) is 0 Å². The number of amides is 2. The van der Waals surface area contributed by atoms with Crippen LogP contribution in [0.4, 0.5) is 5.69 Å². The minimum atomic E-state index is -1.06. The first-order valence-corrected chi connectivity index (χ1v) is 8.53. The first-order valence-electron chi connectivity index (χ1n) is 8.53. The summed E-state index contributed by atoms with van der Waals surface area (Å²) < 4.78 is 0. The van der Waals surface area contributed by atoms with E-state index < -0.39 is 10.9 Å².